The van der Waals surface area contributed by atoms with Crippen LogP contribution in [0.2, 0.25) is 5.02 Å². The summed E-state index contributed by atoms with van der Waals surface area (Å²) >= 11 is 6.41. The Morgan fingerprint density at radius 3 is 2.77 bits per heavy atom. The van der Waals surface area contributed by atoms with E-state index < -0.39 is 21.9 Å². The highest BCUT2D eigenvalue weighted by Crippen LogP contribution is 2.42. The normalized spacial score (nSPS) is 28.9. The Hall–Kier alpha value is -3.08. The predicted molar refractivity (Wildman–Crippen MR) is 170 cm³/mol. The molecule has 1 saturated carbocycles. The van der Waals surface area contributed by atoms with Crippen LogP contribution < -0.4 is 20.1 Å². The lowest BCUT2D eigenvalue weighted by atomic mass is 9.70. The van der Waals surface area contributed by atoms with E-state index in [0.29, 0.717) is 42.2 Å². The van der Waals surface area contributed by atoms with Gasteiger partial charge in [-0.3, -0.25) is 9.52 Å². The van der Waals surface area contributed by atoms with Crippen LogP contribution in [0.4, 0.5) is 10.5 Å². The molecule has 2 aromatic carbocycles. The van der Waals surface area contributed by atoms with Crippen molar-refractivity contribution in [3.63, 3.8) is 0 Å². The van der Waals surface area contributed by atoms with Gasteiger partial charge in [-0.25, -0.2) is 9.00 Å². The number of amides is 3. The molecule has 5 atom stereocenters. The molecule has 3 aliphatic rings. The van der Waals surface area contributed by atoms with Gasteiger partial charge in [0.25, 0.3) is 5.91 Å². The van der Waals surface area contributed by atoms with Crippen molar-refractivity contribution < 1.29 is 23.3 Å². The second-order valence-electron chi connectivity index (χ2n) is 11.9. The number of fused-ring (bicyclic) bond motifs is 3. The van der Waals surface area contributed by atoms with Crippen LogP contribution in [-0.2, 0) is 27.6 Å². The van der Waals surface area contributed by atoms with Crippen LogP contribution in [0.1, 0.15) is 60.5 Å². The first-order chi connectivity index (χ1) is 20.6. The molecule has 43 heavy (non-hydrogen) atoms. The average molecular weight is 629 g/mol. The molecule has 0 saturated heterocycles. The number of ether oxygens (including phenoxy) is 2. The zero-order chi connectivity index (χ0) is 30.6. The number of methoxy groups -OCH3 is 1. The molecule has 1 aliphatic carbocycles. The highest BCUT2D eigenvalue weighted by molar-refractivity contribution is 7.92. The van der Waals surface area contributed by atoms with E-state index in [0.717, 1.165) is 44.3 Å². The molecule has 1 unspecified atom stereocenters. The second kappa shape index (κ2) is 13.7. The third kappa shape index (κ3) is 7.72. The van der Waals surface area contributed by atoms with Crippen LogP contribution in [0.25, 0.3) is 0 Å². The summed E-state index contributed by atoms with van der Waals surface area (Å²) in [6.07, 6.45) is 9.50. The number of aryl methyl sites for hydroxylation is 1. The molecule has 3 N–H and O–H groups in total. The van der Waals surface area contributed by atoms with Gasteiger partial charge in [0.15, 0.2) is 0 Å². The van der Waals surface area contributed by atoms with E-state index in [9.17, 15) is 13.8 Å². The van der Waals surface area contributed by atoms with Crippen molar-refractivity contribution in [3.05, 3.63) is 70.3 Å². The van der Waals surface area contributed by atoms with Gasteiger partial charge < -0.3 is 20.1 Å². The van der Waals surface area contributed by atoms with Crippen LogP contribution in [0.15, 0.2) is 52.9 Å². The number of nitrogens with one attached hydrogen (secondary N) is 1. The van der Waals surface area contributed by atoms with E-state index in [-0.39, 0.29) is 23.3 Å². The van der Waals surface area contributed by atoms with Crippen molar-refractivity contribution in [2.75, 3.05) is 30.9 Å². The number of anilines is 1. The molecule has 9 nitrogen and oxygen atoms in total. The Morgan fingerprint density at radius 1 is 1.19 bits per heavy atom. The maximum absolute atomic E-state index is 13.8. The summed E-state index contributed by atoms with van der Waals surface area (Å²) < 4.78 is 32.3. The van der Waals surface area contributed by atoms with Crippen molar-refractivity contribution in [2.45, 2.75) is 58.1 Å². The maximum atomic E-state index is 13.8. The quantitative estimate of drug-likeness (QED) is 0.400. The number of halogens is 1. The largest absolute Gasteiger partial charge is 0.491 e. The van der Waals surface area contributed by atoms with Crippen molar-refractivity contribution in [1.29, 1.82) is 0 Å². The van der Waals surface area contributed by atoms with Gasteiger partial charge in [0.05, 0.1) is 24.2 Å². The highest BCUT2D eigenvalue weighted by Gasteiger charge is 2.38. The Morgan fingerprint density at radius 2 is 2.02 bits per heavy atom. The fourth-order valence-corrected chi connectivity index (χ4v) is 8.33. The van der Waals surface area contributed by atoms with E-state index in [1.807, 2.05) is 25.1 Å². The zero-order valence-corrected chi connectivity index (χ0v) is 26.4. The highest BCUT2D eigenvalue weighted by atomic mass is 35.5. The summed E-state index contributed by atoms with van der Waals surface area (Å²) in [5.41, 5.74) is 8.77. The summed E-state index contributed by atoms with van der Waals surface area (Å²) in [6, 6.07) is 10.3. The SMILES string of the molecule is CO[C@H]1/C=C/C[C@H](C)CS(=O)(NC(N)=O)=NC(=O)c2ccc3c(c2)N(Cc2ccc(Cl)cc2CCCCO3)C[C@@H]2CC[C@H]21. The standard InChI is InChI=1S/C32H41ClN4O5S/c1-21-6-5-8-29(41-2)27-13-10-25(27)19-37-18-24-9-12-26(33)16-22(24)7-3-4-15-42-30-14-11-23(17-28(30)37)31(38)35-43(40,20-21)36-32(34)39/h5,8-9,11-12,14,16-17,21,25,27,29H,3-4,6-7,10,13,15,18-20H2,1-2H3,(H3,34,35,36,38,39,40)/b8-5+/t21-,25-,27+,29-,43?/m0/s1. The van der Waals surface area contributed by atoms with Crippen LogP contribution in [-0.4, -0.2) is 48.3 Å². The van der Waals surface area contributed by atoms with Gasteiger partial charge in [0.1, 0.15) is 15.7 Å². The topological polar surface area (TPSA) is 123 Å². The average Bonchev–Trinajstić information content (AvgIpc) is 2.96. The summed E-state index contributed by atoms with van der Waals surface area (Å²) in [5, 5.41) is 0.712. The number of nitrogens with two attached hydrogens (primary N) is 1. The zero-order valence-electron chi connectivity index (χ0n) is 24.8. The molecule has 3 amide bonds. The number of rotatable bonds is 2. The first-order valence-electron chi connectivity index (χ1n) is 15.0. The number of nitrogens with zero attached hydrogens (tertiary/aromatic N) is 2. The molecule has 5 rings (SSSR count). The van der Waals surface area contributed by atoms with Crippen LogP contribution >= 0.6 is 11.6 Å². The van der Waals surface area contributed by atoms with Crippen LogP contribution in [0.5, 0.6) is 5.75 Å². The lowest BCUT2D eigenvalue weighted by molar-refractivity contribution is 0.0133. The lowest BCUT2D eigenvalue weighted by Crippen LogP contribution is -2.43. The first kappa shape index (κ1) is 31.3. The predicted octanol–water partition coefficient (Wildman–Crippen LogP) is 5.89. The van der Waals surface area contributed by atoms with E-state index in [2.05, 4.69) is 26.1 Å². The molecule has 0 radical (unpaired) electrons. The smallest absolute Gasteiger partial charge is 0.324 e. The molecule has 2 heterocycles. The minimum Gasteiger partial charge on any atom is -0.491 e. The van der Waals surface area contributed by atoms with Crippen molar-refractivity contribution in [1.82, 2.24) is 4.72 Å². The fraction of sp³-hybridized carbons (Fsp3) is 0.500. The number of carbonyl (C=O) groups excluding carboxylic acids is 2. The third-order valence-electron chi connectivity index (χ3n) is 8.66. The number of benzene rings is 2. The molecule has 2 aliphatic heterocycles. The molecule has 11 heteroatoms. The van der Waals surface area contributed by atoms with Gasteiger partial charge in [-0.15, -0.1) is 4.36 Å². The molecule has 2 aromatic rings. The van der Waals surface area contributed by atoms with Crippen LogP contribution in [0.3, 0.4) is 0 Å². The molecule has 2 bridgehead atoms. The Balaban J connectivity index is 1.64. The summed E-state index contributed by atoms with van der Waals surface area (Å²) in [7, 11) is -1.73. The number of hydrogen-bond donors (Lipinski definition) is 2. The van der Waals surface area contributed by atoms with Gasteiger partial charge in [-0.2, -0.15) is 0 Å². The van der Waals surface area contributed by atoms with Crippen molar-refractivity contribution in [3.8, 4) is 5.75 Å². The number of hydrogen-bond acceptors (Lipinski definition) is 6. The summed E-state index contributed by atoms with van der Waals surface area (Å²) in [5.74, 6) is 0.542. The van der Waals surface area contributed by atoms with Gasteiger partial charge in [-0.1, -0.05) is 36.7 Å². The molecular formula is C32H41ClN4O5S. The number of allylic oxidation sites excluding steroid dienone is 1. The van der Waals surface area contributed by atoms with Gasteiger partial charge >= 0.3 is 6.03 Å². The van der Waals surface area contributed by atoms with Gasteiger partial charge in [0.2, 0.25) is 0 Å². The first-order valence-corrected chi connectivity index (χ1v) is 17.0. The lowest BCUT2D eigenvalue weighted by Gasteiger charge is -2.43. The van der Waals surface area contributed by atoms with E-state index >= 15 is 0 Å². The molecule has 0 spiro atoms. The van der Waals surface area contributed by atoms with Gasteiger partial charge in [0, 0.05) is 30.8 Å². The third-order valence-corrected chi connectivity index (χ3v) is 10.9. The minimum atomic E-state index is -3.47. The monoisotopic (exact) mass is 628 g/mol. The van der Waals surface area contributed by atoms with E-state index in [4.69, 9.17) is 26.8 Å². The molecular weight excluding hydrogens is 588 g/mol. The van der Waals surface area contributed by atoms with Gasteiger partial charge in [-0.05, 0) is 97.7 Å². The number of urea groups is 1. The molecule has 232 valence electrons. The second-order valence-corrected chi connectivity index (χ2v) is 14.4. The molecule has 0 aromatic heterocycles. The fourth-order valence-electron chi connectivity index (χ4n) is 6.33. The van der Waals surface area contributed by atoms with Crippen LogP contribution in [0, 0.1) is 17.8 Å². The maximum Gasteiger partial charge on any atom is 0.324 e. The van der Waals surface area contributed by atoms with E-state index in [1.54, 1.807) is 25.3 Å². The Bertz CT molecular complexity index is 1500. The minimum absolute atomic E-state index is 0.0186. The van der Waals surface area contributed by atoms with E-state index in [1.165, 1.54) is 11.1 Å². The van der Waals surface area contributed by atoms with Crippen molar-refractivity contribution in [2.24, 2.45) is 27.9 Å². The van der Waals surface area contributed by atoms with Crippen molar-refractivity contribution >= 4 is 39.1 Å². The summed E-state index contributed by atoms with van der Waals surface area (Å²) in [4.78, 5) is 27.6. The Labute approximate surface area is 259 Å². The summed E-state index contributed by atoms with van der Waals surface area (Å²) in [6.45, 7) is 3.78. The Kier molecular flexibility index (Phi) is 9.99. The number of primary amides is 1. The number of carbonyl (C=O) groups is 2. The molecule has 1 fully saturated rings.